The normalized spacial score (nSPS) is 20.1. The van der Waals surface area contributed by atoms with E-state index in [4.69, 9.17) is 0 Å². The molecule has 2 aliphatic rings. The highest BCUT2D eigenvalue weighted by Gasteiger charge is 2.40. The van der Waals surface area contributed by atoms with Crippen molar-refractivity contribution in [3.05, 3.63) is 35.4 Å². The molecule has 0 unspecified atom stereocenters. The van der Waals surface area contributed by atoms with Gasteiger partial charge in [0.25, 0.3) is 5.91 Å². The van der Waals surface area contributed by atoms with E-state index in [1.54, 1.807) is 22.8 Å². The smallest absolute Gasteiger partial charge is 0.258 e. The maximum atomic E-state index is 14.6. The lowest BCUT2D eigenvalue weighted by atomic mass is 10.1. The average molecular weight is 344 g/mol. The number of tetrazole rings is 1. The molecule has 3 heterocycles. The molecule has 9 heteroatoms. The van der Waals surface area contributed by atoms with Crippen LogP contribution in [0.25, 0.3) is 5.69 Å². The van der Waals surface area contributed by atoms with E-state index in [0.717, 1.165) is 12.8 Å². The van der Waals surface area contributed by atoms with E-state index < -0.39 is 5.82 Å². The molecule has 0 bridgehead atoms. The molecular formula is C16H17FN6O2. The maximum Gasteiger partial charge on any atom is 0.258 e. The summed E-state index contributed by atoms with van der Waals surface area (Å²) in [4.78, 5) is 28.1. The van der Waals surface area contributed by atoms with Gasteiger partial charge >= 0.3 is 0 Å². The van der Waals surface area contributed by atoms with Gasteiger partial charge in [0.1, 0.15) is 12.0 Å². The van der Waals surface area contributed by atoms with Gasteiger partial charge in [-0.1, -0.05) is 0 Å². The summed E-state index contributed by atoms with van der Waals surface area (Å²) in [6.45, 7) is 2.69. The number of carbonyl (C=O) groups excluding carboxylic acids is 2. The van der Waals surface area contributed by atoms with Crippen molar-refractivity contribution >= 4 is 11.8 Å². The van der Waals surface area contributed by atoms with Crippen molar-refractivity contribution in [2.45, 2.75) is 32.4 Å². The van der Waals surface area contributed by atoms with Gasteiger partial charge < -0.3 is 9.80 Å². The summed E-state index contributed by atoms with van der Waals surface area (Å²) in [5.41, 5.74) is 0.448. The highest BCUT2D eigenvalue weighted by atomic mass is 19.1. The lowest BCUT2D eigenvalue weighted by Crippen LogP contribution is -2.55. The van der Waals surface area contributed by atoms with E-state index in [2.05, 4.69) is 15.5 Å². The van der Waals surface area contributed by atoms with E-state index in [-0.39, 0.29) is 30.0 Å². The van der Waals surface area contributed by atoms with Crippen LogP contribution in [0.4, 0.5) is 4.39 Å². The summed E-state index contributed by atoms with van der Waals surface area (Å²) in [6.07, 6.45) is 1.63. The lowest BCUT2D eigenvalue weighted by Gasteiger charge is -2.39. The molecule has 130 valence electrons. The monoisotopic (exact) mass is 344 g/mol. The van der Waals surface area contributed by atoms with Crippen molar-refractivity contribution in [1.82, 2.24) is 30.0 Å². The predicted octanol–water partition coefficient (Wildman–Crippen LogP) is 0.904. The Morgan fingerprint density at radius 2 is 2.16 bits per heavy atom. The first-order valence-corrected chi connectivity index (χ1v) is 8.21. The Balaban J connectivity index is 1.62. The van der Waals surface area contributed by atoms with Crippen LogP contribution in [0.2, 0.25) is 0 Å². The SMILES string of the molecule is Cc1nnnn1-c1ccc(C(=O)N2CCC(=O)N3CCC[C@@H]32)c(F)c1. The van der Waals surface area contributed by atoms with Crippen molar-refractivity contribution in [2.75, 3.05) is 13.1 Å². The summed E-state index contributed by atoms with van der Waals surface area (Å²) in [7, 11) is 0. The van der Waals surface area contributed by atoms with Crippen LogP contribution in [0.5, 0.6) is 0 Å². The van der Waals surface area contributed by atoms with Gasteiger partial charge in [-0.3, -0.25) is 9.59 Å². The van der Waals surface area contributed by atoms with Crippen LogP contribution in [-0.4, -0.2) is 61.1 Å². The first-order valence-electron chi connectivity index (χ1n) is 8.21. The van der Waals surface area contributed by atoms with Crippen LogP contribution in [0, 0.1) is 12.7 Å². The molecule has 1 aromatic carbocycles. The number of aryl methyl sites for hydroxylation is 1. The topological polar surface area (TPSA) is 84.2 Å². The first-order chi connectivity index (χ1) is 12.1. The summed E-state index contributed by atoms with van der Waals surface area (Å²) in [5, 5.41) is 11.1. The second-order valence-corrected chi connectivity index (χ2v) is 6.26. The minimum absolute atomic E-state index is 0.00400. The number of benzene rings is 1. The highest BCUT2D eigenvalue weighted by Crippen LogP contribution is 2.28. The number of hydrogen-bond donors (Lipinski definition) is 0. The Morgan fingerprint density at radius 1 is 1.32 bits per heavy atom. The molecule has 0 radical (unpaired) electrons. The van der Waals surface area contributed by atoms with Crippen LogP contribution in [-0.2, 0) is 4.79 Å². The fourth-order valence-electron chi connectivity index (χ4n) is 3.54. The number of carbonyl (C=O) groups is 2. The van der Waals surface area contributed by atoms with E-state index >= 15 is 0 Å². The van der Waals surface area contributed by atoms with Gasteiger partial charge in [0.05, 0.1) is 11.3 Å². The molecule has 2 aromatic rings. The molecule has 2 amide bonds. The molecule has 0 spiro atoms. The van der Waals surface area contributed by atoms with Crippen LogP contribution in [0.3, 0.4) is 0 Å². The van der Waals surface area contributed by atoms with Crippen LogP contribution in [0.15, 0.2) is 18.2 Å². The molecule has 1 aromatic heterocycles. The minimum Gasteiger partial charge on any atom is -0.322 e. The zero-order valence-electron chi connectivity index (χ0n) is 13.7. The lowest BCUT2D eigenvalue weighted by molar-refractivity contribution is -0.139. The summed E-state index contributed by atoms with van der Waals surface area (Å²) in [5.74, 6) is -0.424. The Kier molecular flexibility index (Phi) is 3.70. The Labute approximate surface area is 143 Å². The van der Waals surface area contributed by atoms with Crippen LogP contribution >= 0.6 is 0 Å². The van der Waals surface area contributed by atoms with Gasteiger partial charge in [-0.05, 0) is 42.3 Å². The Hall–Kier alpha value is -2.84. The minimum atomic E-state index is -0.626. The van der Waals surface area contributed by atoms with Crippen molar-refractivity contribution in [3.63, 3.8) is 0 Å². The highest BCUT2D eigenvalue weighted by molar-refractivity contribution is 5.96. The molecule has 4 rings (SSSR count). The van der Waals surface area contributed by atoms with Crippen molar-refractivity contribution in [2.24, 2.45) is 0 Å². The van der Waals surface area contributed by atoms with Gasteiger partial charge in [0, 0.05) is 25.6 Å². The van der Waals surface area contributed by atoms with Crippen molar-refractivity contribution in [1.29, 1.82) is 0 Å². The Morgan fingerprint density at radius 3 is 2.88 bits per heavy atom. The molecule has 25 heavy (non-hydrogen) atoms. The van der Waals surface area contributed by atoms with Gasteiger partial charge in [0.15, 0.2) is 5.82 Å². The van der Waals surface area contributed by atoms with Gasteiger partial charge in [-0.25, -0.2) is 4.39 Å². The van der Waals surface area contributed by atoms with Crippen LogP contribution < -0.4 is 0 Å². The maximum absolute atomic E-state index is 14.6. The van der Waals surface area contributed by atoms with Gasteiger partial charge in [-0.15, -0.1) is 5.10 Å². The second-order valence-electron chi connectivity index (χ2n) is 6.26. The number of hydrogen-bond acceptors (Lipinski definition) is 5. The second kappa shape index (κ2) is 5.91. The van der Waals surface area contributed by atoms with E-state index in [0.29, 0.717) is 24.6 Å². The number of rotatable bonds is 2. The summed E-state index contributed by atoms with van der Waals surface area (Å²) < 4.78 is 16.0. The number of amides is 2. The molecule has 0 saturated carbocycles. The molecular weight excluding hydrogens is 327 g/mol. The van der Waals surface area contributed by atoms with E-state index in [9.17, 15) is 14.0 Å². The zero-order chi connectivity index (χ0) is 17.6. The third kappa shape index (κ3) is 2.55. The van der Waals surface area contributed by atoms with Crippen LogP contribution in [0.1, 0.15) is 35.4 Å². The van der Waals surface area contributed by atoms with Crippen molar-refractivity contribution < 1.29 is 14.0 Å². The Bertz CT molecular complexity index is 851. The fraction of sp³-hybridized carbons (Fsp3) is 0.438. The third-order valence-electron chi connectivity index (χ3n) is 4.78. The predicted molar refractivity (Wildman–Crippen MR) is 84.2 cm³/mol. The number of aromatic nitrogens is 4. The summed E-state index contributed by atoms with van der Waals surface area (Å²) in [6, 6.07) is 4.31. The summed E-state index contributed by atoms with van der Waals surface area (Å²) >= 11 is 0. The largest absolute Gasteiger partial charge is 0.322 e. The molecule has 8 nitrogen and oxygen atoms in total. The quantitative estimate of drug-likeness (QED) is 0.808. The molecule has 0 aliphatic carbocycles. The van der Waals surface area contributed by atoms with Gasteiger partial charge in [-0.2, -0.15) is 4.68 Å². The molecule has 2 aliphatic heterocycles. The van der Waals surface area contributed by atoms with Crippen molar-refractivity contribution in [3.8, 4) is 5.69 Å². The fourth-order valence-corrected chi connectivity index (χ4v) is 3.54. The number of halogens is 1. The molecule has 0 N–H and O–H groups in total. The zero-order valence-corrected chi connectivity index (χ0v) is 13.7. The number of fused-ring (bicyclic) bond motifs is 1. The molecule has 2 saturated heterocycles. The van der Waals surface area contributed by atoms with E-state index in [1.807, 2.05) is 0 Å². The average Bonchev–Trinajstić information content (AvgIpc) is 3.24. The number of nitrogens with zero attached hydrogens (tertiary/aromatic N) is 6. The van der Waals surface area contributed by atoms with E-state index in [1.165, 1.54) is 16.8 Å². The first kappa shape index (κ1) is 15.7. The molecule has 1 atom stereocenters. The standard InChI is InChI=1S/C16H17FN6O2/c1-10-18-19-20-23(10)11-4-5-12(13(17)9-11)16(25)22-8-6-15(24)21-7-2-3-14(21)22/h4-5,9,14H,2-3,6-8H2,1H3/t14-/m0/s1. The molecule has 2 fully saturated rings. The third-order valence-corrected chi connectivity index (χ3v) is 4.78. The van der Waals surface area contributed by atoms with Gasteiger partial charge in [0.2, 0.25) is 5.91 Å².